The van der Waals surface area contributed by atoms with Gasteiger partial charge in [-0.05, 0) is 0 Å². The van der Waals surface area contributed by atoms with Crippen LogP contribution in [0.15, 0.2) is 18.6 Å². The van der Waals surface area contributed by atoms with E-state index in [-0.39, 0.29) is 11.2 Å². The molecule has 2 heterocycles. The van der Waals surface area contributed by atoms with Crippen LogP contribution in [0.25, 0.3) is 5.65 Å². The highest BCUT2D eigenvalue weighted by Crippen LogP contribution is 2.08. The van der Waals surface area contributed by atoms with E-state index in [1.54, 1.807) is 0 Å². The van der Waals surface area contributed by atoms with Gasteiger partial charge in [0.15, 0.2) is 11.5 Å². The van der Waals surface area contributed by atoms with Crippen molar-refractivity contribution in [3.63, 3.8) is 0 Å². The molecule has 0 amide bonds. The highest BCUT2D eigenvalue weighted by atomic mass is 19.1. The maximum atomic E-state index is 12.7. The Hall–Kier alpha value is -1.98. The Morgan fingerprint density at radius 1 is 1.57 bits per heavy atom. The summed E-state index contributed by atoms with van der Waals surface area (Å²) in [6.45, 7) is 0. The van der Waals surface area contributed by atoms with Crippen LogP contribution in [-0.4, -0.2) is 27.7 Å². The number of nitrogens with zero attached hydrogens (tertiary/aromatic N) is 3. The number of hydrogen-bond donors (Lipinski definition) is 0. The van der Waals surface area contributed by atoms with Gasteiger partial charge in [0.2, 0.25) is 0 Å². The van der Waals surface area contributed by atoms with Gasteiger partial charge in [0.25, 0.3) is 0 Å². The first kappa shape index (κ1) is 8.61. The van der Waals surface area contributed by atoms with Crippen molar-refractivity contribution in [1.82, 2.24) is 14.6 Å². The molecule has 0 bridgehead atoms. The quantitative estimate of drug-likeness (QED) is 0.627. The minimum Gasteiger partial charge on any atom is -0.465 e. The highest BCUT2D eigenvalue weighted by molar-refractivity contribution is 5.95. The van der Waals surface area contributed by atoms with Crippen LogP contribution in [0.3, 0.4) is 0 Å². The van der Waals surface area contributed by atoms with E-state index >= 15 is 0 Å². The lowest BCUT2D eigenvalue weighted by atomic mass is 10.3. The Morgan fingerprint density at radius 2 is 2.36 bits per heavy atom. The molecule has 2 rings (SSSR count). The van der Waals surface area contributed by atoms with Gasteiger partial charge in [0, 0.05) is 0 Å². The van der Waals surface area contributed by atoms with Gasteiger partial charge in [0.05, 0.1) is 25.7 Å². The van der Waals surface area contributed by atoms with Gasteiger partial charge < -0.3 is 4.74 Å². The van der Waals surface area contributed by atoms with Crippen LogP contribution in [0.1, 0.15) is 10.4 Å². The topological polar surface area (TPSA) is 56.5 Å². The van der Waals surface area contributed by atoms with Crippen LogP contribution in [0.4, 0.5) is 4.39 Å². The predicted molar refractivity (Wildman–Crippen MR) is 44.3 cm³/mol. The SMILES string of the molecule is COC(=O)c1cnn2cc(F)cnc12. The van der Waals surface area contributed by atoms with Crippen LogP contribution >= 0.6 is 0 Å². The summed E-state index contributed by atoms with van der Waals surface area (Å²) in [5.41, 5.74) is 0.491. The molecular weight excluding hydrogens is 189 g/mol. The molecule has 5 nitrogen and oxygen atoms in total. The molecule has 2 aromatic heterocycles. The molecule has 14 heavy (non-hydrogen) atoms. The van der Waals surface area contributed by atoms with Crippen LogP contribution in [0, 0.1) is 5.82 Å². The van der Waals surface area contributed by atoms with Crippen molar-refractivity contribution in [2.24, 2.45) is 0 Å². The van der Waals surface area contributed by atoms with Crippen LogP contribution in [0.5, 0.6) is 0 Å². The van der Waals surface area contributed by atoms with Crippen molar-refractivity contribution in [1.29, 1.82) is 0 Å². The fourth-order valence-corrected chi connectivity index (χ4v) is 1.11. The van der Waals surface area contributed by atoms with E-state index in [4.69, 9.17) is 0 Å². The highest BCUT2D eigenvalue weighted by Gasteiger charge is 2.13. The van der Waals surface area contributed by atoms with Crippen LogP contribution < -0.4 is 0 Å². The van der Waals surface area contributed by atoms with Crippen molar-refractivity contribution in [2.45, 2.75) is 0 Å². The normalized spacial score (nSPS) is 10.4. The number of carbonyl (C=O) groups is 1. The molecule has 0 atom stereocenters. The van der Waals surface area contributed by atoms with Crippen molar-refractivity contribution < 1.29 is 13.9 Å². The largest absolute Gasteiger partial charge is 0.465 e. The van der Waals surface area contributed by atoms with Gasteiger partial charge >= 0.3 is 5.97 Å². The Balaban J connectivity index is 2.64. The van der Waals surface area contributed by atoms with Crippen LogP contribution in [-0.2, 0) is 4.74 Å². The maximum absolute atomic E-state index is 12.7. The standard InChI is InChI=1S/C8H6FN3O2/c1-14-8(13)6-3-11-12-4-5(9)2-10-7(6)12/h2-4H,1H3. The van der Waals surface area contributed by atoms with Gasteiger partial charge in [-0.15, -0.1) is 0 Å². The minimum atomic E-state index is -0.542. The molecule has 0 fully saturated rings. The number of halogens is 1. The first-order chi connectivity index (χ1) is 6.72. The van der Waals surface area contributed by atoms with E-state index in [1.807, 2.05) is 0 Å². The molecule has 0 aromatic carbocycles. The smallest absolute Gasteiger partial charge is 0.343 e. The fourth-order valence-electron chi connectivity index (χ4n) is 1.11. The molecule has 0 saturated heterocycles. The summed E-state index contributed by atoms with van der Waals surface area (Å²) in [6.07, 6.45) is 3.44. The summed E-state index contributed by atoms with van der Waals surface area (Å²) >= 11 is 0. The molecule has 0 radical (unpaired) electrons. The lowest BCUT2D eigenvalue weighted by Crippen LogP contribution is -2.01. The Kier molecular flexibility index (Phi) is 1.88. The summed E-state index contributed by atoms with van der Waals surface area (Å²) in [4.78, 5) is 14.9. The molecule has 0 aliphatic heterocycles. The second-order valence-corrected chi connectivity index (χ2v) is 2.59. The van der Waals surface area contributed by atoms with Gasteiger partial charge in [-0.3, -0.25) is 0 Å². The second kappa shape index (κ2) is 3.06. The molecule has 0 unspecified atom stereocenters. The van der Waals surface area contributed by atoms with Gasteiger partial charge in [-0.25, -0.2) is 18.7 Å². The van der Waals surface area contributed by atoms with Gasteiger partial charge in [-0.1, -0.05) is 0 Å². The molecule has 0 spiro atoms. The summed E-state index contributed by atoms with van der Waals surface area (Å²) in [5, 5.41) is 3.76. The van der Waals surface area contributed by atoms with Crippen LogP contribution in [0.2, 0.25) is 0 Å². The molecule has 0 aliphatic carbocycles. The lowest BCUT2D eigenvalue weighted by Gasteiger charge is -1.95. The van der Waals surface area contributed by atoms with E-state index in [1.165, 1.54) is 17.8 Å². The van der Waals surface area contributed by atoms with E-state index in [0.29, 0.717) is 0 Å². The molecule has 72 valence electrons. The van der Waals surface area contributed by atoms with Gasteiger partial charge in [-0.2, -0.15) is 5.10 Å². The van der Waals surface area contributed by atoms with Crippen molar-refractivity contribution in [3.8, 4) is 0 Å². The zero-order chi connectivity index (χ0) is 10.1. The minimum absolute atomic E-state index is 0.215. The third-order valence-corrected chi connectivity index (χ3v) is 1.73. The third-order valence-electron chi connectivity index (χ3n) is 1.73. The first-order valence-corrected chi connectivity index (χ1v) is 3.79. The number of aromatic nitrogens is 3. The Labute approximate surface area is 78.1 Å². The average Bonchev–Trinajstić information content (AvgIpc) is 2.59. The fraction of sp³-hybridized carbons (Fsp3) is 0.125. The van der Waals surface area contributed by atoms with E-state index in [9.17, 15) is 9.18 Å². The average molecular weight is 195 g/mol. The summed E-state index contributed by atoms with van der Waals surface area (Å²) in [7, 11) is 1.26. The monoisotopic (exact) mass is 195 g/mol. The number of ether oxygens (including phenoxy) is 1. The first-order valence-electron chi connectivity index (χ1n) is 3.79. The molecule has 0 aliphatic rings. The summed E-state index contributed by atoms with van der Waals surface area (Å²) in [5.74, 6) is -1.06. The van der Waals surface area contributed by atoms with Crippen molar-refractivity contribution in [3.05, 3.63) is 30.0 Å². The van der Waals surface area contributed by atoms with E-state index in [2.05, 4.69) is 14.8 Å². The molecule has 6 heteroatoms. The zero-order valence-corrected chi connectivity index (χ0v) is 7.27. The number of methoxy groups -OCH3 is 1. The third kappa shape index (κ3) is 1.20. The Bertz CT molecular complexity index is 494. The molecule has 2 aromatic rings. The van der Waals surface area contributed by atoms with Gasteiger partial charge in [0.1, 0.15) is 5.56 Å². The summed E-state index contributed by atoms with van der Waals surface area (Å²) in [6, 6.07) is 0. The zero-order valence-electron chi connectivity index (χ0n) is 7.27. The number of carbonyl (C=O) groups excluding carboxylic acids is 1. The summed E-state index contributed by atoms with van der Waals surface area (Å²) < 4.78 is 18.4. The second-order valence-electron chi connectivity index (χ2n) is 2.59. The number of hydrogen-bond acceptors (Lipinski definition) is 4. The number of fused-ring (bicyclic) bond motifs is 1. The van der Waals surface area contributed by atoms with Crippen molar-refractivity contribution in [2.75, 3.05) is 7.11 Å². The molecule has 0 N–H and O–H groups in total. The van der Waals surface area contributed by atoms with Crippen molar-refractivity contribution >= 4 is 11.6 Å². The van der Waals surface area contributed by atoms with E-state index in [0.717, 1.165) is 12.4 Å². The number of rotatable bonds is 1. The number of esters is 1. The predicted octanol–water partition coefficient (Wildman–Crippen LogP) is 0.655. The maximum Gasteiger partial charge on any atom is 0.343 e. The molecular formula is C8H6FN3O2. The van der Waals surface area contributed by atoms with E-state index < -0.39 is 11.8 Å². The molecule has 0 saturated carbocycles. The Morgan fingerprint density at radius 3 is 3.07 bits per heavy atom. The lowest BCUT2D eigenvalue weighted by molar-refractivity contribution is 0.0602.